The first-order valence-corrected chi connectivity index (χ1v) is 8.44. The number of urea groups is 1. The summed E-state index contributed by atoms with van der Waals surface area (Å²) < 4.78 is 5.75. The summed E-state index contributed by atoms with van der Waals surface area (Å²) in [5, 5.41) is 11.8. The number of benzene rings is 2. The quantitative estimate of drug-likeness (QED) is 0.788. The van der Waals surface area contributed by atoms with Gasteiger partial charge in [-0.2, -0.15) is 0 Å². The minimum absolute atomic E-state index is 0.151. The Morgan fingerprint density at radius 3 is 2.19 bits per heavy atom. The maximum absolute atomic E-state index is 12.2. The fourth-order valence-electron chi connectivity index (χ4n) is 2.40. The van der Waals surface area contributed by atoms with E-state index < -0.39 is 11.9 Å². The van der Waals surface area contributed by atoms with Gasteiger partial charge in [-0.25, -0.2) is 4.79 Å². The maximum atomic E-state index is 12.2. The topological polar surface area (TPSA) is 78.9 Å². The molecule has 2 amide bonds. The fraction of sp³-hybridized carbons (Fsp3) is 0.300. The summed E-state index contributed by atoms with van der Waals surface area (Å²) in [7, 11) is 1.58. The Morgan fingerprint density at radius 1 is 1.04 bits per heavy atom. The van der Waals surface area contributed by atoms with Crippen LogP contribution in [0.1, 0.15) is 25.5 Å². The van der Waals surface area contributed by atoms with Gasteiger partial charge in [0, 0.05) is 13.6 Å². The van der Waals surface area contributed by atoms with Crippen LogP contribution in [0, 0.1) is 5.92 Å². The molecule has 0 saturated carbocycles. The molecule has 0 heterocycles. The highest BCUT2D eigenvalue weighted by atomic mass is 16.5. The van der Waals surface area contributed by atoms with Crippen LogP contribution in [0.4, 0.5) is 4.79 Å². The van der Waals surface area contributed by atoms with Crippen LogP contribution in [0.15, 0.2) is 54.6 Å². The molecule has 2 unspecified atom stereocenters. The molecule has 2 aromatic carbocycles. The largest absolute Gasteiger partial charge is 0.481 e. The lowest BCUT2D eigenvalue weighted by molar-refractivity contribution is -0.141. The summed E-state index contributed by atoms with van der Waals surface area (Å²) in [5.74, 6) is -0.0659. The van der Waals surface area contributed by atoms with E-state index in [0.717, 1.165) is 11.3 Å². The number of nitrogens with zero attached hydrogens (tertiary/aromatic N) is 1. The van der Waals surface area contributed by atoms with E-state index in [4.69, 9.17) is 9.84 Å². The summed E-state index contributed by atoms with van der Waals surface area (Å²) in [5.41, 5.74) is 0.929. The maximum Gasteiger partial charge on any atom is 0.317 e. The first-order valence-electron chi connectivity index (χ1n) is 8.44. The summed E-state index contributed by atoms with van der Waals surface area (Å²) in [4.78, 5) is 24.5. The average molecular weight is 356 g/mol. The third-order valence-corrected chi connectivity index (χ3v) is 4.01. The third-order valence-electron chi connectivity index (χ3n) is 4.01. The van der Waals surface area contributed by atoms with Crippen molar-refractivity contribution in [3.8, 4) is 11.5 Å². The lowest BCUT2D eigenvalue weighted by Gasteiger charge is -2.23. The van der Waals surface area contributed by atoms with E-state index in [2.05, 4.69) is 5.32 Å². The molecule has 0 saturated heterocycles. The minimum atomic E-state index is -0.924. The van der Waals surface area contributed by atoms with Crippen LogP contribution in [0.2, 0.25) is 0 Å². The molecule has 6 nitrogen and oxygen atoms in total. The number of carbonyl (C=O) groups excluding carboxylic acids is 1. The normalized spacial score (nSPS) is 12.7. The summed E-state index contributed by atoms with van der Waals surface area (Å²) in [6.45, 7) is 3.60. The number of nitrogens with one attached hydrogen (secondary N) is 1. The zero-order chi connectivity index (χ0) is 19.1. The van der Waals surface area contributed by atoms with E-state index in [-0.39, 0.29) is 18.6 Å². The number of hydrogen-bond donors (Lipinski definition) is 2. The summed E-state index contributed by atoms with van der Waals surface area (Å²) >= 11 is 0. The van der Waals surface area contributed by atoms with Crippen molar-refractivity contribution in [3.05, 3.63) is 60.2 Å². The number of amides is 2. The molecular weight excluding hydrogens is 332 g/mol. The van der Waals surface area contributed by atoms with E-state index in [9.17, 15) is 9.59 Å². The van der Waals surface area contributed by atoms with Crippen LogP contribution in [-0.4, -0.2) is 35.6 Å². The number of carboxylic acid groups (broad SMARTS) is 1. The number of aliphatic carboxylic acids is 1. The second-order valence-corrected chi connectivity index (χ2v) is 6.28. The monoisotopic (exact) mass is 356 g/mol. The molecule has 2 atom stereocenters. The molecule has 0 radical (unpaired) electrons. The Morgan fingerprint density at radius 2 is 1.62 bits per heavy atom. The Balaban J connectivity index is 1.91. The van der Waals surface area contributed by atoms with Gasteiger partial charge in [-0.3, -0.25) is 4.79 Å². The van der Waals surface area contributed by atoms with Crippen molar-refractivity contribution in [1.29, 1.82) is 0 Å². The zero-order valence-electron chi connectivity index (χ0n) is 15.2. The molecule has 2 N–H and O–H groups in total. The SMILES string of the molecule is CC(CN(C)C(=O)NC(C)c1ccc(Oc2ccccc2)cc1)C(=O)O. The Hall–Kier alpha value is -3.02. The van der Waals surface area contributed by atoms with Crippen molar-refractivity contribution in [2.45, 2.75) is 19.9 Å². The summed E-state index contributed by atoms with van der Waals surface area (Å²) in [6.07, 6.45) is 0. The number of para-hydroxylation sites is 1. The van der Waals surface area contributed by atoms with Gasteiger partial charge >= 0.3 is 12.0 Å². The molecule has 138 valence electrons. The molecule has 0 fully saturated rings. The van der Waals surface area contributed by atoms with E-state index >= 15 is 0 Å². The van der Waals surface area contributed by atoms with Gasteiger partial charge in [0.05, 0.1) is 12.0 Å². The number of rotatable bonds is 7. The highest BCUT2D eigenvalue weighted by molar-refractivity contribution is 5.76. The van der Waals surface area contributed by atoms with Gasteiger partial charge in [0.1, 0.15) is 11.5 Å². The number of ether oxygens (including phenoxy) is 1. The van der Waals surface area contributed by atoms with Crippen molar-refractivity contribution >= 4 is 12.0 Å². The molecular formula is C20H24N2O4. The van der Waals surface area contributed by atoms with Crippen molar-refractivity contribution < 1.29 is 19.4 Å². The van der Waals surface area contributed by atoms with Crippen LogP contribution >= 0.6 is 0 Å². The van der Waals surface area contributed by atoms with Crippen LogP contribution in [0.5, 0.6) is 11.5 Å². The molecule has 0 aliphatic rings. The Bertz CT molecular complexity index is 731. The second kappa shape index (κ2) is 8.89. The standard InChI is InChI=1S/C20H24N2O4/c1-14(19(23)24)13-22(3)20(25)21-15(2)16-9-11-18(12-10-16)26-17-7-5-4-6-8-17/h4-12,14-15H,13H2,1-3H3,(H,21,25)(H,23,24). The van der Waals surface area contributed by atoms with Crippen LogP contribution in [0.25, 0.3) is 0 Å². The van der Waals surface area contributed by atoms with Crippen molar-refractivity contribution in [2.24, 2.45) is 5.92 Å². The molecule has 0 aliphatic carbocycles. The van der Waals surface area contributed by atoms with E-state index in [1.54, 1.807) is 14.0 Å². The smallest absolute Gasteiger partial charge is 0.317 e. The van der Waals surface area contributed by atoms with Gasteiger partial charge in [0.15, 0.2) is 0 Å². The molecule has 2 rings (SSSR count). The highest BCUT2D eigenvalue weighted by Crippen LogP contribution is 2.23. The summed E-state index contributed by atoms with van der Waals surface area (Å²) in [6, 6.07) is 16.5. The van der Waals surface area contributed by atoms with Crippen molar-refractivity contribution in [2.75, 3.05) is 13.6 Å². The van der Waals surface area contributed by atoms with E-state index in [0.29, 0.717) is 5.75 Å². The van der Waals surface area contributed by atoms with E-state index in [1.165, 1.54) is 4.90 Å². The van der Waals surface area contributed by atoms with Gasteiger partial charge in [0.25, 0.3) is 0 Å². The zero-order valence-corrected chi connectivity index (χ0v) is 15.2. The molecule has 0 spiro atoms. The van der Waals surface area contributed by atoms with Crippen LogP contribution in [-0.2, 0) is 4.79 Å². The third kappa shape index (κ3) is 5.51. The molecule has 0 aromatic heterocycles. The van der Waals surface area contributed by atoms with Crippen LogP contribution < -0.4 is 10.1 Å². The number of hydrogen-bond acceptors (Lipinski definition) is 3. The Labute approximate surface area is 153 Å². The van der Waals surface area contributed by atoms with Gasteiger partial charge in [-0.15, -0.1) is 0 Å². The Kier molecular flexibility index (Phi) is 6.60. The lowest BCUT2D eigenvalue weighted by atomic mass is 10.1. The predicted molar refractivity (Wildman–Crippen MR) is 99.3 cm³/mol. The predicted octanol–water partition coefficient (Wildman–Crippen LogP) is 3.90. The van der Waals surface area contributed by atoms with E-state index in [1.807, 2.05) is 61.5 Å². The van der Waals surface area contributed by atoms with Crippen molar-refractivity contribution in [1.82, 2.24) is 10.2 Å². The fourth-order valence-corrected chi connectivity index (χ4v) is 2.40. The molecule has 6 heteroatoms. The number of carbonyl (C=O) groups is 2. The van der Waals surface area contributed by atoms with Crippen molar-refractivity contribution in [3.63, 3.8) is 0 Å². The average Bonchev–Trinajstić information content (AvgIpc) is 2.62. The van der Waals surface area contributed by atoms with Gasteiger partial charge in [-0.05, 0) is 36.8 Å². The second-order valence-electron chi connectivity index (χ2n) is 6.28. The highest BCUT2D eigenvalue weighted by Gasteiger charge is 2.19. The molecule has 26 heavy (non-hydrogen) atoms. The van der Waals surface area contributed by atoms with Crippen LogP contribution in [0.3, 0.4) is 0 Å². The van der Waals surface area contributed by atoms with Gasteiger partial charge < -0.3 is 20.1 Å². The first kappa shape index (κ1) is 19.3. The lowest BCUT2D eigenvalue weighted by Crippen LogP contribution is -2.41. The first-order chi connectivity index (χ1) is 12.4. The van der Waals surface area contributed by atoms with Gasteiger partial charge in [0.2, 0.25) is 0 Å². The number of carboxylic acids is 1. The van der Waals surface area contributed by atoms with Gasteiger partial charge in [-0.1, -0.05) is 37.3 Å². The minimum Gasteiger partial charge on any atom is -0.481 e. The molecule has 2 aromatic rings. The molecule has 0 aliphatic heterocycles. The molecule has 0 bridgehead atoms.